The zero-order valence-electron chi connectivity index (χ0n) is 19.0. The number of allylic oxidation sites excluding steroid dienone is 1. The summed E-state index contributed by atoms with van der Waals surface area (Å²) in [6.45, 7) is 0.593. The number of fused-ring (bicyclic) bond motifs is 1. The Morgan fingerprint density at radius 3 is 2.94 bits per heavy atom. The Bertz CT molecular complexity index is 1380. The molecule has 12 heteroatoms. The van der Waals surface area contributed by atoms with Crippen molar-refractivity contribution in [1.29, 1.82) is 0 Å². The monoisotopic (exact) mass is 493 g/mol. The highest BCUT2D eigenvalue weighted by molar-refractivity contribution is 8.02. The highest BCUT2D eigenvalue weighted by Gasteiger charge is 2.23. The first-order valence-corrected chi connectivity index (χ1v) is 11.9. The second-order valence-corrected chi connectivity index (χ2v) is 8.99. The van der Waals surface area contributed by atoms with E-state index in [4.69, 9.17) is 10.5 Å². The zero-order chi connectivity index (χ0) is 24.2. The molecular weight excluding hydrogens is 469 g/mol. The van der Waals surface area contributed by atoms with Crippen LogP contribution in [0.5, 0.6) is 5.75 Å². The lowest BCUT2D eigenvalue weighted by Crippen LogP contribution is -2.12. The van der Waals surface area contributed by atoms with E-state index < -0.39 is 5.82 Å². The quantitative estimate of drug-likeness (QED) is 0.255. The van der Waals surface area contributed by atoms with Gasteiger partial charge in [0.25, 0.3) is 0 Å². The average molecular weight is 494 g/mol. The molecule has 1 aliphatic carbocycles. The van der Waals surface area contributed by atoms with Gasteiger partial charge in [0, 0.05) is 36.9 Å². The number of aromatic nitrogens is 6. The first-order chi connectivity index (χ1) is 17.2. The van der Waals surface area contributed by atoms with Crippen LogP contribution in [0.3, 0.4) is 0 Å². The summed E-state index contributed by atoms with van der Waals surface area (Å²) >= 11 is 1.24. The van der Waals surface area contributed by atoms with Gasteiger partial charge < -0.3 is 14.9 Å². The van der Waals surface area contributed by atoms with Crippen molar-refractivity contribution < 1.29 is 9.13 Å². The molecule has 3 heterocycles. The van der Waals surface area contributed by atoms with Crippen molar-refractivity contribution >= 4 is 23.8 Å². The minimum atomic E-state index is -0.489. The number of hydrogen-bond acceptors (Lipinski definition) is 9. The molecule has 1 aromatic carbocycles. The van der Waals surface area contributed by atoms with Gasteiger partial charge in [0.1, 0.15) is 12.0 Å². The molecule has 3 aromatic heterocycles. The van der Waals surface area contributed by atoms with Crippen LogP contribution in [0.1, 0.15) is 35.6 Å². The van der Waals surface area contributed by atoms with Crippen LogP contribution in [0.2, 0.25) is 0 Å². The molecule has 0 amide bonds. The normalized spacial score (nSPS) is 14.3. The molecule has 0 radical (unpaired) electrons. The fourth-order valence-electron chi connectivity index (χ4n) is 3.72. The Hall–Kier alpha value is -3.77. The molecule has 0 saturated heterocycles. The number of ether oxygens (including phenoxy) is 1. The number of benzene rings is 1. The molecule has 180 valence electrons. The van der Waals surface area contributed by atoms with E-state index in [1.165, 1.54) is 60.7 Å². The third-order valence-corrected chi connectivity index (χ3v) is 6.41. The zero-order valence-corrected chi connectivity index (χ0v) is 19.8. The van der Waals surface area contributed by atoms with Crippen LogP contribution in [-0.4, -0.2) is 42.9 Å². The SMILES string of the molecule is COc1ccc(-n2cnnn2)c(CNS/C(C=NCc2cn3cc(C4CC4)ccc3n2)=C/N)c1F. The van der Waals surface area contributed by atoms with Crippen molar-refractivity contribution in [2.45, 2.75) is 31.8 Å². The van der Waals surface area contributed by atoms with Crippen molar-refractivity contribution in [1.82, 2.24) is 34.3 Å². The molecule has 1 fully saturated rings. The molecule has 35 heavy (non-hydrogen) atoms. The number of nitrogens with one attached hydrogen (secondary N) is 1. The summed E-state index contributed by atoms with van der Waals surface area (Å²) in [5, 5.41) is 11.1. The summed E-state index contributed by atoms with van der Waals surface area (Å²) in [6.07, 6.45) is 11.2. The van der Waals surface area contributed by atoms with E-state index in [1.807, 2.05) is 12.3 Å². The second-order valence-electron chi connectivity index (χ2n) is 8.03. The Morgan fingerprint density at radius 1 is 1.31 bits per heavy atom. The maximum atomic E-state index is 15.0. The molecule has 3 N–H and O–H groups in total. The summed E-state index contributed by atoms with van der Waals surface area (Å²) in [6, 6.07) is 7.43. The van der Waals surface area contributed by atoms with Gasteiger partial charge in [-0.2, -0.15) is 0 Å². The minimum absolute atomic E-state index is 0.136. The van der Waals surface area contributed by atoms with Crippen molar-refractivity contribution in [3.05, 3.63) is 76.7 Å². The highest BCUT2D eigenvalue weighted by Crippen LogP contribution is 2.39. The Morgan fingerprint density at radius 2 is 2.20 bits per heavy atom. The molecule has 0 spiro atoms. The van der Waals surface area contributed by atoms with Gasteiger partial charge in [-0.1, -0.05) is 6.07 Å². The molecule has 0 aliphatic heterocycles. The number of rotatable bonds is 10. The van der Waals surface area contributed by atoms with Crippen molar-refractivity contribution in [3.63, 3.8) is 0 Å². The fourth-order valence-corrected chi connectivity index (χ4v) is 4.30. The van der Waals surface area contributed by atoms with Crippen LogP contribution < -0.4 is 15.2 Å². The molecule has 0 unspecified atom stereocenters. The molecule has 5 rings (SSSR count). The lowest BCUT2D eigenvalue weighted by Gasteiger charge is -2.13. The summed E-state index contributed by atoms with van der Waals surface area (Å²) < 4.78 is 26.6. The van der Waals surface area contributed by atoms with Crippen LogP contribution in [0.25, 0.3) is 11.3 Å². The van der Waals surface area contributed by atoms with Gasteiger partial charge >= 0.3 is 0 Å². The number of aliphatic imine (C=N–C) groups is 1. The van der Waals surface area contributed by atoms with Crippen molar-refractivity contribution in [3.8, 4) is 11.4 Å². The molecule has 4 aromatic rings. The smallest absolute Gasteiger partial charge is 0.171 e. The van der Waals surface area contributed by atoms with Crippen LogP contribution in [-0.2, 0) is 13.1 Å². The number of methoxy groups -OCH3 is 1. The van der Waals surface area contributed by atoms with Gasteiger partial charge in [0.2, 0.25) is 0 Å². The van der Waals surface area contributed by atoms with E-state index >= 15 is 0 Å². The van der Waals surface area contributed by atoms with Gasteiger partial charge in [-0.05, 0) is 64.9 Å². The van der Waals surface area contributed by atoms with Gasteiger partial charge in [-0.25, -0.2) is 14.1 Å². The molecule has 1 saturated carbocycles. The lowest BCUT2D eigenvalue weighted by molar-refractivity contribution is 0.383. The van der Waals surface area contributed by atoms with Gasteiger partial charge in [-0.3, -0.25) is 9.71 Å². The summed E-state index contributed by atoms with van der Waals surface area (Å²) in [5.41, 5.74) is 9.76. The third kappa shape index (κ3) is 5.17. The Balaban J connectivity index is 1.21. The number of nitrogens with zero attached hydrogens (tertiary/aromatic N) is 7. The van der Waals surface area contributed by atoms with E-state index in [0.29, 0.717) is 28.6 Å². The topological polar surface area (TPSA) is 121 Å². The van der Waals surface area contributed by atoms with Crippen LogP contribution >= 0.6 is 11.9 Å². The van der Waals surface area contributed by atoms with Crippen molar-refractivity contribution in [2.75, 3.05) is 7.11 Å². The number of pyridine rings is 1. The summed E-state index contributed by atoms with van der Waals surface area (Å²) in [4.78, 5) is 9.77. The minimum Gasteiger partial charge on any atom is -0.494 e. The maximum Gasteiger partial charge on any atom is 0.171 e. The Labute approximate surface area is 205 Å². The number of halogens is 1. The number of nitrogens with two attached hydrogens (primary N) is 1. The first-order valence-electron chi connectivity index (χ1n) is 11.0. The number of tetrazole rings is 1. The highest BCUT2D eigenvalue weighted by atomic mass is 32.2. The van der Waals surface area contributed by atoms with Gasteiger partial charge in [-0.15, -0.1) is 5.10 Å². The number of imidazole rings is 1. The molecule has 10 nitrogen and oxygen atoms in total. The van der Waals surface area contributed by atoms with Crippen LogP contribution in [0.15, 0.2) is 59.1 Å². The fraction of sp³-hybridized carbons (Fsp3) is 0.261. The van der Waals surface area contributed by atoms with E-state index in [2.05, 4.69) is 46.9 Å². The molecule has 1 aliphatic rings. The van der Waals surface area contributed by atoms with Gasteiger partial charge in [0.15, 0.2) is 11.6 Å². The van der Waals surface area contributed by atoms with Crippen molar-refractivity contribution in [2.24, 2.45) is 10.7 Å². The summed E-state index contributed by atoms with van der Waals surface area (Å²) in [7, 11) is 1.42. The Kier molecular flexibility index (Phi) is 6.73. The average Bonchev–Trinajstić information content (AvgIpc) is 3.42. The van der Waals surface area contributed by atoms with E-state index in [9.17, 15) is 4.39 Å². The first kappa shape index (κ1) is 23.0. The maximum absolute atomic E-state index is 15.0. The number of hydrogen-bond donors (Lipinski definition) is 2. The lowest BCUT2D eigenvalue weighted by atomic mass is 10.1. The van der Waals surface area contributed by atoms with Gasteiger partial charge in [0.05, 0.1) is 29.9 Å². The third-order valence-electron chi connectivity index (χ3n) is 5.65. The van der Waals surface area contributed by atoms with Crippen LogP contribution in [0, 0.1) is 5.82 Å². The second kappa shape index (κ2) is 10.2. The predicted molar refractivity (Wildman–Crippen MR) is 132 cm³/mol. The molecule has 0 atom stereocenters. The summed E-state index contributed by atoms with van der Waals surface area (Å²) in [5.74, 6) is 0.341. The van der Waals surface area contributed by atoms with E-state index in [0.717, 1.165) is 11.3 Å². The molecule has 0 bridgehead atoms. The van der Waals surface area contributed by atoms with E-state index in [1.54, 1.807) is 12.3 Å². The largest absolute Gasteiger partial charge is 0.494 e. The standard InChI is InChI=1S/C23H24FN9OS/c1-34-21-6-5-20(33-14-27-30-31-33)19(23(21)24)11-28-35-18(8-25)10-26-9-17-13-32-12-16(15-2-3-15)4-7-22(32)29-17/h4-8,10,12-15,28H,2-3,9,11,25H2,1H3/b18-8+,26-10?. The predicted octanol–water partition coefficient (Wildman–Crippen LogP) is 3.14. The van der Waals surface area contributed by atoms with Crippen LogP contribution in [0.4, 0.5) is 4.39 Å². The van der Waals surface area contributed by atoms with E-state index in [-0.39, 0.29) is 12.3 Å². The molecular formula is C23H24FN9OS.